The van der Waals surface area contributed by atoms with Gasteiger partial charge in [0.25, 0.3) is 0 Å². The van der Waals surface area contributed by atoms with Crippen LogP contribution in [-0.4, -0.2) is 35.4 Å². The number of carbonyl (C=O) groups excluding carboxylic acids is 1. The molecule has 1 aromatic heterocycles. The summed E-state index contributed by atoms with van der Waals surface area (Å²) in [5, 5.41) is 0. The van der Waals surface area contributed by atoms with Crippen LogP contribution in [0.3, 0.4) is 0 Å². The highest BCUT2D eigenvalue weighted by molar-refractivity contribution is 5.78. The highest BCUT2D eigenvalue weighted by atomic mass is 16.2. The average molecular weight is 233 g/mol. The zero-order valence-corrected chi connectivity index (χ0v) is 10.0. The van der Waals surface area contributed by atoms with Crippen molar-refractivity contribution in [2.75, 3.05) is 19.6 Å². The third kappa shape index (κ3) is 3.27. The zero-order valence-electron chi connectivity index (χ0n) is 10.0. The summed E-state index contributed by atoms with van der Waals surface area (Å²) in [6.45, 7) is 2.44. The number of likely N-dealkylation sites (tertiary alicyclic amines) is 1. The van der Waals surface area contributed by atoms with E-state index in [1.165, 1.54) is 0 Å². The Morgan fingerprint density at radius 3 is 2.82 bits per heavy atom. The van der Waals surface area contributed by atoms with E-state index in [-0.39, 0.29) is 5.91 Å². The minimum atomic E-state index is 0.202. The first-order valence-electron chi connectivity index (χ1n) is 6.16. The summed E-state index contributed by atoms with van der Waals surface area (Å²) >= 11 is 0. The van der Waals surface area contributed by atoms with Crippen molar-refractivity contribution in [1.29, 1.82) is 0 Å². The SMILES string of the molecule is NCC1CCN(C(=O)Cc2cccnc2)CC1. The van der Waals surface area contributed by atoms with Gasteiger partial charge in [0.05, 0.1) is 6.42 Å². The maximum atomic E-state index is 12.0. The maximum Gasteiger partial charge on any atom is 0.227 e. The summed E-state index contributed by atoms with van der Waals surface area (Å²) < 4.78 is 0. The first-order chi connectivity index (χ1) is 8.29. The third-order valence-electron chi connectivity index (χ3n) is 3.38. The quantitative estimate of drug-likeness (QED) is 0.841. The third-order valence-corrected chi connectivity index (χ3v) is 3.38. The lowest BCUT2D eigenvalue weighted by molar-refractivity contribution is -0.131. The Kier molecular flexibility index (Phi) is 4.09. The fourth-order valence-corrected chi connectivity index (χ4v) is 2.21. The van der Waals surface area contributed by atoms with Crippen LogP contribution in [0.25, 0.3) is 0 Å². The Labute approximate surface area is 102 Å². The standard InChI is InChI=1S/C13H19N3O/c14-9-11-3-6-16(7-4-11)13(17)8-12-2-1-5-15-10-12/h1-2,5,10-11H,3-4,6-9,14H2. The van der Waals surface area contributed by atoms with Crippen LogP contribution in [0, 0.1) is 5.92 Å². The van der Waals surface area contributed by atoms with Gasteiger partial charge in [-0.15, -0.1) is 0 Å². The summed E-state index contributed by atoms with van der Waals surface area (Å²) in [5.74, 6) is 0.797. The monoisotopic (exact) mass is 233 g/mol. The predicted octanol–water partition coefficient (Wildman–Crippen LogP) is 0.821. The number of hydrogen-bond acceptors (Lipinski definition) is 3. The van der Waals surface area contributed by atoms with Crippen LogP contribution in [0.4, 0.5) is 0 Å². The molecular weight excluding hydrogens is 214 g/mol. The Morgan fingerprint density at radius 2 is 2.24 bits per heavy atom. The molecule has 2 heterocycles. The molecule has 1 aliphatic rings. The summed E-state index contributed by atoms with van der Waals surface area (Å²) in [4.78, 5) is 18.0. The van der Waals surface area contributed by atoms with Gasteiger partial charge in [-0.25, -0.2) is 0 Å². The number of amides is 1. The lowest BCUT2D eigenvalue weighted by Gasteiger charge is -2.31. The van der Waals surface area contributed by atoms with Gasteiger partial charge in [0, 0.05) is 25.5 Å². The minimum Gasteiger partial charge on any atom is -0.342 e. The number of piperidine rings is 1. The van der Waals surface area contributed by atoms with E-state index in [0.29, 0.717) is 12.3 Å². The number of hydrogen-bond donors (Lipinski definition) is 1. The van der Waals surface area contributed by atoms with Crippen molar-refractivity contribution in [1.82, 2.24) is 9.88 Å². The molecular formula is C13H19N3O. The second-order valence-corrected chi connectivity index (χ2v) is 4.60. The maximum absolute atomic E-state index is 12.0. The molecule has 1 saturated heterocycles. The van der Waals surface area contributed by atoms with E-state index in [9.17, 15) is 4.79 Å². The minimum absolute atomic E-state index is 0.202. The van der Waals surface area contributed by atoms with Crippen molar-refractivity contribution >= 4 is 5.91 Å². The summed E-state index contributed by atoms with van der Waals surface area (Å²) in [6.07, 6.45) is 6.01. The zero-order chi connectivity index (χ0) is 12.1. The van der Waals surface area contributed by atoms with E-state index in [0.717, 1.165) is 38.0 Å². The van der Waals surface area contributed by atoms with Gasteiger partial charge in [0.2, 0.25) is 5.91 Å². The highest BCUT2D eigenvalue weighted by Crippen LogP contribution is 2.16. The summed E-state index contributed by atoms with van der Waals surface area (Å²) in [5.41, 5.74) is 6.62. The molecule has 1 fully saturated rings. The lowest BCUT2D eigenvalue weighted by Crippen LogP contribution is -2.40. The molecule has 2 rings (SSSR count). The number of carbonyl (C=O) groups is 1. The van der Waals surface area contributed by atoms with Gasteiger partial charge in [0.15, 0.2) is 0 Å². The molecule has 0 spiro atoms. The highest BCUT2D eigenvalue weighted by Gasteiger charge is 2.21. The van der Waals surface area contributed by atoms with Crippen LogP contribution in [-0.2, 0) is 11.2 Å². The van der Waals surface area contributed by atoms with Gasteiger partial charge in [-0.05, 0) is 36.9 Å². The molecule has 92 valence electrons. The molecule has 0 aliphatic carbocycles. The molecule has 2 N–H and O–H groups in total. The van der Waals surface area contributed by atoms with E-state index in [4.69, 9.17) is 5.73 Å². The molecule has 0 radical (unpaired) electrons. The molecule has 0 aromatic carbocycles. The average Bonchev–Trinajstić information content (AvgIpc) is 2.40. The Morgan fingerprint density at radius 1 is 1.47 bits per heavy atom. The van der Waals surface area contributed by atoms with Crippen molar-refractivity contribution < 1.29 is 4.79 Å². The molecule has 1 aromatic rings. The van der Waals surface area contributed by atoms with Crippen LogP contribution >= 0.6 is 0 Å². The number of aromatic nitrogens is 1. The normalized spacial score (nSPS) is 17.1. The molecule has 0 saturated carbocycles. The van der Waals surface area contributed by atoms with Gasteiger partial charge in [-0.3, -0.25) is 9.78 Å². The Bertz CT molecular complexity index is 358. The second-order valence-electron chi connectivity index (χ2n) is 4.60. The Hall–Kier alpha value is -1.42. The van der Waals surface area contributed by atoms with Crippen molar-refractivity contribution in [3.63, 3.8) is 0 Å². The number of nitrogens with zero attached hydrogens (tertiary/aromatic N) is 2. The molecule has 17 heavy (non-hydrogen) atoms. The van der Waals surface area contributed by atoms with Gasteiger partial charge in [0.1, 0.15) is 0 Å². The second kappa shape index (κ2) is 5.77. The molecule has 4 heteroatoms. The van der Waals surface area contributed by atoms with E-state index in [1.807, 2.05) is 17.0 Å². The predicted molar refractivity (Wildman–Crippen MR) is 66.3 cm³/mol. The molecule has 1 amide bonds. The van der Waals surface area contributed by atoms with E-state index in [1.54, 1.807) is 12.4 Å². The number of nitrogens with two attached hydrogens (primary N) is 1. The lowest BCUT2D eigenvalue weighted by atomic mass is 9.97. The van der Waals surface area contributed by atoms with Gasteiger partial charge < -0.3 is 10.6 Å². The van der Waals surface area contributed by atoms with E-state index in [2.05, 4.69) is 4.98 Å². The fraction of sp³-hybridized carbons (Fsp3) is 0.538. The number of pyridine rings is 1. The van der Waals surface area contributed by atoms with Gasteiger partial charge >= 0.3 is 0 Å². The van der Waals surface area contributed by atoms with Gasteiger partial charge in [-0.2, -0.15) is 0 Å². The van der Waals surface area contributed by atoms with Crippen molar-refractivity contribution in [3.8, 4) is 0 Å². The van der Waals surface area contributed by atoms with Crippen molar-refractivity contribution in [3.05, 3.63) is 30.1 Å². The van der Waals surface area contributed by atoms with Crippen molar-refractivity contribution in [2.24, 2.45) is 11.7 Å². The van der Waals surface area contributed by atoms with Crippen LogP contribution in [0.5, 0.6) is 0 Å². The molecule has 4 nitrogen and oxygen atoms in total. The van der Waals surface area contributed by atoms with Crippen LogP contribution in [0.15, 0.2) is 24.5 Å². The first-order valence-corrected chi connectivity index (χ1v) is 6.16. The summed E-state index contributed by atoms with van der Waals surface area (Å²) in [7, 11) is 0. The molecule has 0 unspecified atom stereocenters. The molecule has 1 aliphatic heterocycles. The molecule has 0 bridgehead atoms. The Balaban J connectivity index is 1.85. The smallest absolute Gasteiger partial charge is 0.227 e. The topological polar surface area (TPSA) is 59.2 Å². The first kappa shape index (κ1) is 12.0. The van der Waals surface area contributed by atoms with Crippen LogP contribution in [0.1, 0.15) is 18.4 Å². The van der Waals surface area contributed by atoms with Gasteiger partial charge in [-0.1, -0.05) is 6.07 Å². The fourth-order valence-electron chi connectivity index (χ4n) is 2.21. The summed E-state index contributed by atoms with van der Waals surface area (Å²) in [6, 6.07) is 3.81. The van der Waals surface area contributed by atoms with E-state index >= 15 is 0 Å². The largest absolute Gasteiger partial charge is 0.342 e. The van der Waals surface area contributed by atoms with Crippen LogP contribution in [0.2, 0.25) is 0 Å². The molecule has 0 atom stereocenters. The number of rotatable bonds is 3. The van der Waals surface area contributed by atoms with Crippen molar-refractivity contribution in [2.45, 2.75) is 19.3 Å². The van der Waals surface area contributed by atoms with E-state index < -0.39 is 0 Å². The van der Waals surface area contributed by atoms with Crippen LogP contribution < -0.4 is 5.73 Å².